The van der Waals surface area contributed by atoms with Gasteiger partial charge in [0.05, 0.1) is 12.2 Å². The third-order valence-corrected chi connectivity index (χ3v) is 2.75. The summed E-state index contributed by atoms with van der Waals surface area (Å²) in [5.74, 6) is 0. The summed E-state index contributed by atoms with van der Waals surface area (Å²) in [6.45, 7) is 8.74. The van der Waals surface area contributed by atoms with Gasteiger partial charge < -0.3 is 9.47 Å². The first-order valence-electron chi connectivity index (χ1n) is 5.36. The molecule has 2 rings (SSSR count). The maximum absolute atomic E-state index is 5.04. The van der Waals surface area contributed by atoms with E-state index in [1.807, 2.05) is 13.8 Å². The highest BCUT2D eigenvalue weighted by Crippen LogP contribution is 2.09. The van der Waals surface area contributed by atoms with Gasteiger partial charge in [-0.05, 0) is 38.8 Å². The van der Waals surface area contributed by atoms with Gasteiger partial charge in [-0.3, -0.25) is 0 Å². The van der Waals surface area contributed by atoms with E-state index >= 15 is 0 Å². The molecule has 0 aliphatic carbocycles. The highest BCUT2D eigenvalue weighted by molar-refractivity contribution is 5.23. The van der Waals surface area contributed by atoms with Gasteiger partial charge in [0.2, 0.25) is 0 Å². The Hall–Kier alpha value is -0.860. The van der Waals surface area contributed by atoms with Crippen LogP contribution in [-0.2, 0) is 9.47 Å². The molecule has 2 heteroatoms. The third kappa shape index (κ3) is 4.02. The van der Waals surface area contributed by atoms with Gasteiger partial charge in [-0.2, -0.15) is 0 Å². The molecule has 1 aromatic rings. The highest BCUT2D eigenvalue weighted by atomic mass is 16.7. The topological polar surface area (TPSA) is 18.5 Å². The predicted octanol–water partition coefficient (Wildman–Crippen LogP) is 3.07. The van der Waals surface area contributed by atoms with Crippen molar-refractivity contribution in [2.24, 2.45) is 0 Å². The number of benzene rings is 1. The minimum Gasteiger partial charge on any atom is -0.350 e. The zero-order valence-corrected chi connectivity index (χ0v) is 9.99. The van der Waals surface area contributed by atoms with Crippen molar-refractivity contribution in [1.82, 2.24) is 0 Å². The van der Waals surface area contributed by atoms with Gasteiger partial charge in [0.1, 0.15) is 6.79 Å². The second-order valence-electron chi connectivity index (χ2n) is 3.95. The first-order valence-corrected chi connectivity index (χ1v) is 5.36. The van der Waals surface area contributed by atoms with Gasteiger partial charge in [-0.1, -0.05) is 24.3 Å². The van der Waals surface area contributed by atoms with Crippen LogP contribution in [0.3, 0.4) is 0 Å². The monoisotopic (exact) mass is 208 g/mol. The summed E-state index contributed by atoms with van der Waals surface area (Å²) in [6.07, 6.45) is 0.583. The number of hydrogen-bond donors (Lipinski definition) is 0. The fraction of sp³-hybridized carbons (Fsp3) is 0.538. The minimum absolute atomic E-state index is 0.292. The van der Waals surface area contributed by atoms with Gasteiger partial charge in [0.25, 0.3) is 0 Å². The van der Waals surface area contributed by atoms with Crippen molar-refractivity contribution in [3.05, 3.63) is 35.4 Å². The van der Waals surface area contributed by atoms with Crippen LogP contribution in [-0.4, -0.2) is 19.0 Å². The fourth-order valence-corrected chi connectivity index (χ4v) is 1.19. The predicted molar refractivity (Wildman–Crippen MR) is 61.9 cm³/mol. The summed E-state index contributed by atoms with van der Waals surface area (Å²) >= 11 is 0. The van der Waals surface area contributed by atoms with E-state index < -0.39 is 0 Å². The molecule has 2 unspecified atom stereocenters. The van der Waals surface area contributed by atoms with E-state index in [2.05, 4.69) is 38.1 Å². The highest BCUT2D eigenvalue weighted by Gasteiger charge is 2.18. The molecule has 84 valence electrons. The lowest BCUT2D eigenvalue weighted by atomic mass is 10.1. The molecule has 0 saturated carbocycles. The molecule has 0 amide bonds. The molecule has 0 radical (unpaired) electrons. The van der Waals surface area contributed by atoms with Gasteiger partial charge in [-0.15, -0.1) is 0 Å². The zero-order valence-electron chi connectivity index (χ0n) is 9.99. The van der Waals surface area contributed by atoms with E-state index in [1.54, 1.807) is 0 Å². The molecule has 1 aromatic carbocycles. The van der Waals surface area contributed by atoms with E-state index in [1.165, 1.54) is 11.1 Å². The average molecular weight is 208 g/mol. The molecule has 1 fully saturated rings. The van der Waals surface area contributed by atoms with Gasteiger partial charge in [-0.25, -0.2) is 0 Å². The summed E-state index contributed by atoms with van der Waals surface area (Å²) in [7, 11) is 0. The third-order valence-electron chi connectivity index (χ3n) is 2.75. The Kier molecular flexibility index (Phi) is 4.79. The molecule has 1 aliphatic rings. The smallest absolute Gasteiger partial charge is 0.147 e. The number of aryl methyl sites for hydroxylation is 2. The van der Waals surface area contributed by atoms with Crippen LogP contribution < -0.4 is 0 Å². The van der Waals surface area contributed by atoms with Crippen LogP contribution in [0.2, 0.25) is 0 Å². The van der Waals surface area contributed by atoms with Crippen LogP contribution in [0.1, 0.15) is 25.0 Å². The van der Waals surface area contributed by atoms with Crippen LogP contribution in [0.15, 0.2) is 24.3 Å². The van der Waals surface area contributed by atoms with Crippen molar-refractivity contribution >= 4 is 0 Å². The molecule has 1 heterocycles. The molecule has 0 aromatic heterocycles. The van der Waals surface area contributed by atoms with Crippen LogP contribution in [0, 0.1) is 13.8 Å². The van der Waals surface area contributed by atoms with Crippen molar-refractivity contribution in [2.75, 3.05) is 6.79 Å². The van der Waals surface area contributed by atoms with E-state index in [0.717, 1.165) is 0 Å². The standard InChI is InChI=1S/C8H10.C5H10O2/c1-7-5-3-4-6-8(7)2;1-4-5(2)7-3-6-4/h3-6H,1-2H3;4-5H,3H2,1-2H3. The second kappa shape index (κ2) is 5.89. The maximum Gasteiger partial charge on any atom is 0.147 e. The number of ether oxygens (including phenoxy) is 2. The Morgan fingerprint density at radius 3 is 1.53 bits per heavy atom. The maximum atomic E-state index is 5.04. The van der Waals surface area contributed by atoms with Gasteiger partial charge in [0, 0.05) is 0 Å². The first kappa shape index (κ1) is 12.2. The Labute approximate surface area is 92.2 Å². The molecule has 0 N–H and O–H groups in total. The van der Waals surface area contributed by atoms with Crippen molar-refractivity contribution in [3.8, 4) is 0 Å². The van der Waals surface area contributed by atoms with Gasteiger partial charge >= 0.3 is 0 Å². The Morgan fingerprint density at radius 1 is 0.933 bits per heavy atom. The van der Waals surface area contributed by atoms with Crippen LogP contribution in [0.25, 0.3) is 0 Å². The molecule has 0 spiro atoms. The van der Waals surface area contributed by atoms with E-state index in [9.17, 15) is 0 Å². The quantitative estimate of drug-likeness (QED) is 0.652. The van der Waals surface area contributed by atoms with E-state index in [0.29, 0.717) is 19.0 Å². The van der Waals surface area contributed by atoms with Crippen LogP contribution >= 0.6 is 0 Å². The Morgan fingerprint density at radius 2 is 1.33 bits per heavy atom. The molecular weight excluding hydrogens is 188 g/mol. The molecule has 2 nitrogen and oxygen atoms in total. The summed E-state index contributed by atoms with van der Waals surface area (Å²) in [6, 6.07) is 8.36. The van der Waals surface area contributed by atoms with Gasteiger partial charge in [0.15, 0.2) is 0 Å². The van der Waals surface area contributed by atoms with Crippen LogP contribution in [0.4, 0.5) is 0 Å². The number of hydrogen-bond acceptors (Lipinski definition) is 2. The molecule has 0 bridgehead atoms. The second-order valence-corrected chi connectivity index (χ2v) is 3.95. The molecule has 15 heavy (non-hydrogen) atoms. The van der Waals surface area contributed by atoms with E-state index in [4.69, 9.17) is 9.47 Å². The Bertz CT molecular complexity index is 267. The molecule has 1 saturated heterocycles. The van der Waals surface area contributed by atoms with Crippen LogP contribution in [0.5, 0.6) is 0 Å². The summed E-state index contributed by atoms with van der Waals surface area (Å²) in [5, 5.41) is 0. The lowest BCUT2D eigenvalue weighted by molar-refractivity contribution is 0.0433. The average Bonchev–Trinajstić information content (AvgIpc) is 2.57. The van der Waals surface area contributed by atoms with E-state index in [-0.39, 0.29) is 0 Å². The number of rotatable bonds is 0. The summed E-state index contributed by atoms with van der Waals surface area (Å²) in [4.78, 5) is 0. The zero-order chi connectivity index (χ0) is 11.3. The fourth-order valence-electron chi connectivity index (χ4n) is 1.19. The molecular formula is C13H20O2. The Balaban J connectivity index is 0.000000151. The van der Waals surface area contributed by atoms with Crippen molar-refractivity contribution in [3.63, 3.8) is 0 Å². The van der Waals surface area contributed by atoms with Crippen molar-refractivity contribution in [1.29, 1.82) is 0 Å². The first-order chi connectivity index (χ1) is 7.11. The summed E-state index contributed by atoms with van der Waals surface area (Å²) in [5.41, 5.74) is 2.74. The molecule has 2 atom stereocenters. The lowest BCUT2D eigenvalue weighted by Gasteiger charge is -2.02. The largest absolute Gasteiger partial charge is 0.350 e. The SMILES string of the molecule is CC1OCOC1C.Cc1ccccc1C. The molecule has 1 aliphatic heterocycles. The summed E-state index contributed by atoms with van der Waals surface area (Å²) < 4.78 is 10.1. The normalized spacial score (nSPS) is 24.5. The van der Waals surface area contributed by atoms with Crippen molar-refractivity contribution < 1.29 is 9.47 Å². The van der Waals surface area contributed by atoms with Crippen molar-refractivity contribution in [2.45, 2.75) is 39.9 Å². The minimum atomic E-state index is 0.292. The lowest BCUT2D eigenvalue weighted by Crippen LogP contribution is -2.13.